The van der Waals surface area contributed by atoms with E-state index in [1.54, 1.807) is 12.1 Å². The van der Waals surface area contributed by atoms with E-state index in [0.717, 1.165) is 61.7 Å². The number of rotatable bonds is 4. The Morgan fingerprint density at radius 1 is 1.00 bits per heavy atom. The predicted molar refractivity (Wildman–Crippen MR) is 93.1 cm³/mol. The minimum Gasteiger partial charge on any atom is -0.375 e. The highest BCUT2D eigenvalue weighted by Gasteiger charge is 2.30. The third kappa shape index (κ3) is 5.17. The Hall–Kier alpha value is -1.64. The van der Waals surface area contributed by atoms with Crippen molar-refractivity contribution in [1.29, 1.82) is 0 Å². The fourth-order valence-corrected chi connectivity index (χ4v) is 3.74. The summed E-state index contributed by atoms with van der Waals surface area (Å²) in [5, 5.41) is 0.591. The number of nitrogens with zero attached hydrogens (tertiary/aromatic N) is 3. The van der Waals surface area contributed by atoms with Crippen LogP contribution in [0.1, 0.15) is 22.4 Å². The van der Waals surface area contributed by atoms with E-state index >= 15 is 0 Å². The van der Waals surface area contributed by atoms with Crippen LogP contribution in [-0.2, 0) is 19.3 Å². The van der Waals surface area contributed by atoms with Gasteiger partial charge in [-0.05, 0) is 37.2 Å². The number of benzene rings is 1. The van der Waals surface area contributed by atoms with E-state index in [2.05, 4.69) is 14.8 Å². The number of aromatic nitrogens is 1. The maximum Gasteiger partial charge on any atom is 0.416 e. The van der Waals surface area contributed by atoms with Crippen molar-refractivity contribution >= 4 is 16.5 Å². The van der Waals surface area contributed by atoms with Gasteiger partial charge in [-0.3, -0.25) is 9.80 Å². The Morgan fingerprint density at radius 3 is 2.20 bits per heavy atom. The highest BCUT2D eigenvalue weighted by molar-refractivity contribution is 7.15. The molecule has 1 aromatic carbocycles. The summed E-state index contributed by atoms with van der Waals surface area (Å²) in [7, 11) is 0. The van der Waals surface area contributed by atoms with E-state index in [1.165, 1.54) is 11.3 Å². The summed E-state index contributed by atoms with van der Waals surface area (Å²) in [5.74, 6) is 0. The quantitative estimate of drug-likeness (QED) is 0.895. The summed E-state index contributed by atoms with van der Waals surface area (Å²) < 4.78 is 37.9. The molecule has 0 radical (unpaired) electrons. The molecule has 0 bridgehead atoms. The summed E-state index contributed by atoms with van der Waals surface area (Å²) in [6.45, 7) is 5.31. The van der Waals surface area contributed by atoms with Gasteiger partial charge in [-0.15, -0.1) is 11.3 Å². The lowest BCUT2D eigenvalue weighted by molar-refractivity contribution is -0.137. The number of anilines is 1. The number of nitrogen functional groups attached to an aromatic ring is 1. The monoisotopic (exact) mass is 370 g/mol. The first kappa shape index (κ1) is 18.2. The molecule has 0 atom stereocenters. The molecule has 2 heterocycles. The Balaban J connectivity index is 1.52. The van der Waals surface area contributed by atoms with E-state index in [0.29, 0.717) is 11.7 Å². The van der Waals surface area contributed by atoms with Crippen LogP contribution in [0.4, 0.5) is 18.3 Å². The van der Waals surface area contributed by atoms with Crippen molar-refractivity contribution in [2.45, 2.75) is 25.7 Å². The molecule has 1 saturated heterocycles. The molecule has 2 N–H and O–H groups in total. The maximum absolute atomic E-state index is 12.6. The lowest BCUT2D eigenvalue weighted by Gasteiger charge is -2.21. The summed E-state index contributed by atoms with van der Waals surface area (Å²) in [5.41, 5.74) is 5.99. The van der Waals surface area contributed by atoms with Gasteiger partial charge in [0.15, 0.2) is 5.13 Å². The lowest BCUT2D eigenvalue weighted by Crippen LogP contribution is -2.30. The second kappa shape index (κ2) is 7.72. The zero-order valence-electron chi connectivity index (χ0n) is 13.8. The molecule has 0 unspecified atom stereocenters. The van der Waals surface area contributed by atoms with Gasteiger partial charge in [0.2, 0.25) is 0 Å². The first-order valence-electron chi connectivity index (χ1n) is 8.21. The number of nitrogens with two attached hydrogens (primary N) is 1. The summed E-state index contributed by atoms with van der Waals surface area (Å²) >= 11 is 1.51. The molecule has 0 spiro atoms. The largest absolute Gasteiger partial charge is 0.416 e. The number of hydrogen-bond acceptors (Lipinski definition) is 5. The van der Waals surface area contributed by atoms with Gasteiger partial charge in [0.1, 0.15) is 0 Å². The van der Waals surface area contributed by atoms with Crippen LogP contribution < -0.4 is 5.73 Å². The van der Waals surface area contributed by atoms with Crippen molar-refractivity contribution in [2.24, 2.45) is 0 Å². The molecule has 3 rings (SSSR count). The van der Waals surface area contributed by atoms with E-state index in [9.17, 15) is 13.2 Å². The molecule has 1 fully saturated rings. The molecule has 1 aliphatic rings. The zero-order valence-corrected chi connectivity index (χ0v) is 14.6. The van der Waals surface area contributed by atoms with E-state index < -0.39 is 11.7 Å². The Morgan fingerprint density at radius 2 is 1.64 bits per heavy atom. The van der Waals surface area contributed by atoms with Crippen LogP contribution >= 0.6 is 11.3 Å². The molecule has 0 saturated carbocycles. The smallest absolute Gasteiger partial charge is 0.375 e. The molecule has 2 aromatic rings. The van der Waals surface area contributed by atoms with Crippen molar-refractivity contribution in [3.8, 4) is 0 Å². The van der Waals surface area contributed by atoms with Crippen molar-refractivity contribution in [2.75, 3.05) is 31.9 Å². The number of alkyl halides is 3. The lowest BCUT2D eigenvalue weighted by atomic mass is 10.1. The molecule has 25 heavy (non-hydrogen) atoms. The summed E-state index contributed by atoms with van der Waals surface area (Å²) in [6.07, 6.45) is -1.42. The average Bonchev–Trinajstić information content (AvgIpc) is 2.83. The van der Waals surface area contributed by atoms with Gasteiger partial charge in [0, 0.05) is 37.3 Å². The van der Waals surface area contributed by atoms with Gasteiger partial charge in [-0.2, -0.15) is 13.2 Å². The van der Waals surface area contributed by atoms with E-state index in [-0.39, 0.29) is 0 Å². The highest BCUT2D eigenvalue weighted by atomic mass is 32.1. The molecule has 136 valence electrons. The van der Waals surface area contributed by atoms with Gasteiger partial charge in [0.25, 0.3) is 0 Å². The second-order valence-electron chi connectivity index (χ2n) is 6.27. The maximum atomic E-state index is 12.6. The fraction of sp³-hybridized carbons (Fsp3) is 0.471. The SMILES string of the molecule is Nc1ncc(CN2CCCN(Cc3ccc(C(F)(F)F)cc3)CC2)s1. The predicted octanol–water partition coefficient (Wildman–Crippen LogP) is 3.45. The standard InChI is InChI=1S/C17H21F3N4S/c18-17(19,20)14-4-2-13(3-5-14)11-23-6-1-7-24(9-8-23)12-15-10-22-16(21)25-15/h2-5,10H,1,6-9,11-12H2,(H2,21,22). The number of halogens is 3. The third-order valence-electron chi connectivity index (χ3n) is 4.32. The Kier molecular flexibility index (Phi) is 5.61. The van der Waals surface area contributed by atoms with Gasteiger partial charge in [-0.25, -0.2) is 4.98 Å². The van der Waals surface area contributed by atoms with Crippen LogP contribution in [0, 0.1) is 0 Å². The van der Waals surface area contributed by atoms with Gasteiger partial charge in [0.05, 0.1) is 5.56 Å². The topological polar surface area (TPSA) is 45.4 Å². The summed E-state index contributed by atoms with van der Waals surface area (Å²) in [6, 6.07) is 5.47. The normalized spacial score (nSPS) is 17.6. The first-order valence-corrected chi connectivity index (χ1v) is 9.03. The van der Waals surface area contributed by atoms with Gasteiger partial charge >= 0.3 is 6.18 Å². The zero-order chi connectivity index (χ0) is 17.9. The first-order chi connectivity index (χ1) is 11.9. The molecule has 1 aromatic heterocycles. The number of hydrogen-bond donors (Lipinski definition) is 1. The van der Waals surface area contributed by atoms with Gasteiger partial charge in [-0.1, -0.05) is 12.1 Å². The van der Waals surface area contributed by atoms with Crippen LogP contribution in [0.15, 0.2) is 30.5 Å². The molecule has 8 heteroatoms. The van der Waals surface area contributed by atoms with Crippen molar-refractivity contribution in [3.63, 3.8) is 0 Å². The van der Waals surface area contributed by atoms with Crippen LogP contribution in [0.5, 0.6) is 0 Å². The molecular weight excluding hydrogens is 349 g/mol. The van der Waals surface area contributed by atoms with Crippen LogP contribution in [0.25, 0.3) is 0 Å². The van der Waals surface area contributed by atoms with Crippen LogP contribution in [-0.4, -0.2) is 41.0 Å². The fourth-order valence-electron chi connectivity index (χ4n) is 3.01. The van der Waals surface area contributed by atoms with Crippen molar-refractivity contribution in [1.82, 2.24) is 14.8 Å². The highest BCUT2D eigenvalue weighted by Crippen LogP contribution is 2.29. The second-order valence-corrected chi connectivity index (χ2v) is 7.41. The van der Waals surface area contributed by atoms with Crippen molar-refractivity contribution in [3.05, 3.63) is 46.5 Å². The van der Waals surface area contributed by atoms with E-state index in [4.69, 9.17) is 5.73 Å². The molecular formula is C17H21F3N4S. The van der Waals surface area contributed by atoms with E-state index in [1.807, 2.05) is 6.20 Å². The van der Waals surface area contributed by atoms with Crippen LogP contribution in [0.3, 0.4) is 0 Å². The number of thiazole rings is 1. The Labute approximate surface area is 149 Å². The minimum absolute atomic E-state index is 0.591. The molecule has 0 amide bonds. The minimum atomic E-state index is -4.28. The average molecular weight is 370 g/mol. The Bertz CT molecular complexity index is 684. The van der Waals surface area contributed by atoms with Gasteiger partial charge < -0.3 is 5.73 Å². The summed E-state index contributed by atoms with van der Waals surface area (Å²) in [4.78, 5) is 9.91. The molecule has 4 nitrogen and oxygen atoms in total. The van der Waals surface area contributed by atoms with Crippen LogP contribution in [0.2, 0.25) is 0 Å². The molecule has 0 aliphatic carbocycles. The molecule has 1 aliphatic heterocycles. The third-order valence-corrected chi connectivity index (χ3v) is 5.13. The van der Waals surface area contributed by atoms with Crippen molar-refractivity contribution < 1.29 is 13.2 Å².